The van der Waals surface area contributed by atoms with Gasteiger partial charge in [0, 0.05) is 24.7 Å². The van der Waals surface area contributed by atoms with Crippen LogP contribution in [0.25, 0.3) is 0 Å². The zero-order valence-electron chi connectivity index (χ0n) is 15.3. The normalized spacial score (nSPS) is 15.6. The second-order valence-electron chi connectivity index (χ2n) is 7.11. The molecule has 1 aliphatic heterocycles. The van der Waals surface area contributed by atoms with Crippen molar-refractivity contribution in [1.82, 2.24) is 20.4 Å². The molecule has 2 amide bonds. The predicted octanol–water partition coefficient (Wildman–Crippen LogP) is 2.04. The zero-order chi connectivity index (χ0) is 18.4. The Morgan fingerprint density at radius 2 is 1.92 bits per heavy atom. The van der Waals surface area contributed by atoms with Crippen LogP contribution in [0.3, 0.4) is 0 Å². The van der Waals surface area contributed by atoms with Gasteiger partial charge in [-0.25, -0.2) is 4.79 Å². The average molecular weight is 349 g/mol. The Bertz CT molecular complexity index is 589. The lowest BCUT2D eigenvalue weighted by molar-refractivity contribution is 0.0856. The quantitative estimate of drug-likeness (QED) is 0.863. The van der Waals surface area contributed by atoms with Crippen molar-refractivity contribution in [2.75, 3.05) is 25.0 Å². The summed E-state index contributed by atoms with van der Waals surface area (Å²) in [6, 6.07) is 3.42. The molecule has 0 spiro atoms. The summed E-state index contributed by atoms with van der Waals surface area (Å²) >= 11 is 0. The number of hydrogen-bond donors (Lipinski definition) is 2. The molecule has 8 nitrogen and oxygen atoms in total. The van der Waals surface area contributed by atoms with E-state index < -0.39 is 0 Å². The lowest BCUT2D eigenvalue weighted by Gasteiger charge is -2.31. The minimum Gasteiger partial charge on any atom is -0.450 e. The highest BCUT2D eigenvalue weighted by Gasteiger charge is 2.25. The minimum absolute atomic E-state index is 0.0207. The molecule has 2 heterocycles. The van der Waals surface area contributed by atoms with Crippen molar-refractivity contribution in [3.05, 3.63) is 17.8 Å². The number of carbonyl (C=O) groups is 2. The van der Waals surface area contributed by atoms with Crippen LogP contribution in [0.2, 0.25) is 0 Å². The van der Waals surface area contributed by atoms with Gasteiger partial charge < -0.3 is 20.3 Å². The summed E-state index contributed by atoms with van der Waals surface area (Å²) in [6.07, 6.45) is 1.10. The fourth-order valence-corrected chi connectivity index (χ4v) is 2.58. The van der Waals surface area contributed by atoms with Crippen LogP contribution in [0, 0.1) is 0 Å². The van der Waals surface area contributed by atoms with Gasteiger partial charge in [0.1, 0.15) is 5.82 Å². The van der Waals surface area contributed by atoms with E-state index in [-0.39, 0.29) is 29.3 Å². The molecule has 138 valence electrons. The third-order valence-corrected chi connectivity index (χ3v) is 3.76. The molecule has 25 heavy (non-hydrogen) atoms. The third kappa shape index (κ3) is 5.88. The van der Waals surface area contributed by atoms with E-state index >= 15 is 0 Å². The van der Waals surface area contributed by atoms with Crippen LogP contribution in [-0.2, 0) is 4.74 Å². The fraction of sp³-hybridized carbons (Fsp3) is 0.647. The minimum atomic E-state index is -0.292. The zero-order valence-corrected chi connectivity index (χ0v) is 15.3. The first-order chi connectivity index (χ1) is 11.8. The number of nitrogens with one attached hydrogen (secondary N) is 2. The summed E-state index contributed by atoms with van der Waals surface area (Å²) in [7, 11) is 0. The summed E-state index contributed by atoms with van der Waals surface area (Å²) in [5.41, 5.74) is 0.165. The van der Waals surface area contributed by atoms with Crippen molar-refractivity contribution >= 4 is 17.8 Å². The molecule has 1 aliphatic rings. The summed E-state index contributed by atoms with van der Waals surface area (Å²) in [5.74, 6) is 0.385. The second kappa shape index (κ2) is 8.13. The van der Waals surface area contributed by atoms with E-state index in [2.05, 4.69) is 20.8 Å². The van der Waals surface area contributed by atoms with E-state index in [4.69, 9.17) is 4.74 Å². The molecule has 1 aromatic rings. The molecule has 0 bridgehead atoms. The number of nitrogens with zero attached hydrogens (tertiary/aromatic N) is 3. The van der Waals surface area contributed by atoms with Crippen LogP contribution in [0.5, 0.6) is 0 Å². The second-order valence-corrected chi connectivity index (χ2v) is 7.11. The van der Waals surface area contributed by atoms with Crippen LogP contribution < -0.4 is 10.6 Å². The van der Waals surface area contributed by atoms with Crippen molar-refractivity contribution in [2.24, 2.45) is 0 Å². The number of aromatic nitrogens is 2. The Hall–Kier alpha value is -2.38. The predicted molar refractivity (Wildman–Crippen MR) is 94.5 cm³/mol. The maximum absolute atomic E-state index is 12.3. The smallest absolute Gasteiger partial charge is 0.409 e. The highest BCUT2D eigenvalue weighted by Crippen LogP contribution is 2.13. The van der Waals surface area contributed by atoms with E-state index in [1.807, 2.05) is 20.8 Å². The van der Waals surface area contributed by atoms with Crippen LogP contribution in [0.1, 0.15) is 51.0 Å². The number of amides is 2. The van der Waals surface area contributed by atoms with Gasteiger partial charge in [0.05, 0.1) is 6.61 Å². The van der Waals surface area contributed by atoms with Gasteiger partial charge in [-0.2, -0.15) is 0 Å². The van der Waals surface area contributed by atoms with E-state index in [0.29, 0.717) is 38.4 Å². The molecule has 1 saturated heterocycles. The molecule has 1 fully saturated rings. The van der Waals surface area contributed by atoms with E-state index in [0.717, 1.165) is 0 Å². The van der Waals surface area contributed by atoms with Gasteiger partial charge in [0.25, 0.3) is 5.91 Å². The first-order valence-electron chi connectivity index (χ1n) is 8.63. The monoisotopic (exact) mass is 349 g/mol. The highest BCUT2D eigenvalue weighted by molar-refractivity contribution is 5.92. The standard InChI is InChI=1S/C17H27N5O3/c1-5-25-16(24)22-10-8-12(9-11-22)18-15(23)13-6-7-14(21-20-13)19-17(2,3)4/h6-7,12H,5,8-11H2,1-4H3,(H,18,23)(H,19,21). The van der Waals surface area contributed by atoms with E-state index in [9.17, 15) is 9.59 Å². The summed E-state index contributed by atoms with van der Waals surface area (Å²) < 4.78 is 4.99. The van der Waals surface area contributed by atoms with Gasteiger partial charge in [-0.05, 0) is 52.7 Å². The maximum Gasteiger partial charge on any atom is 0.409 e. The molecule has 0 unspecified atom stereocenters. The topological polar surface area (TPSA) is 96.5 Å². The number of likely N-dealkylation sites (tertiary alicyclic amines) is 1. The molecule has 0 atom stereocenters. The van der Waals surface area contributed by atoms with Crippen molar-refractivity contribution in [3.63, 3.8) is 0 Å². The van der Waals surface area contributed by atoms with E-state index in [1.54, 1.807) is 24.0 Å². The SMILES string of the molecule is CCOC(=O)N1CCC(NC(=O)c2ccc(NC(C)(C)C)nn2)CC1. The average Bonchev–Trinajstić information content (AvgIpc) is 2.55. The van der Waals surface area contributed by atoms with Gasteiger partial charge in [-0.1, -0.05) is 0 Å². The Kier molecular flexibility index (Phi) is 6.17. The summed E-state index contributed by atoms with van der Waals surface area (Å²) in [5, 5.41) is 14.2. The van der Waals surface area contributed by atoms with E-state index in [1.165, 1.54) is 0 Å². The van der Waals surface area contributed by atoms with Crippen molar-refractivity contribution in [1.29, 1.82) is 0 Å². The number of hydrogen-bond acceptors (Lipinski definition) is 6. The van der Waals surface area contributed by atoms with Gasteiger partial charge in [-0.15, -0.1) is 10.2 Å². The van der Waals surface area contributed by atoms with Gasteiger partial charge in [0.2, 0.25) is 0 Å². The molecule has 8 heteroatoms. The Labute approximate surface area is 148 Å². The van der Waals surface area contributed by atoms with Crippen LogP contribution in [0.4, 0.5) is 10.6 Å². The number of carbonyl (C=O) groups excluding carboxylic acids is 2. The third-order valence-electron chi connectivity index (χ3n) is 3.76. The Balaban J connectivity index is 1.83. The molecule has 0 radical (unpaired) electrons. The number of piperidine rings is 1. The Morgan fingerprint density at radius 1 is 1.24 bits per heavy atom. The number of rotatable bonds is 4. The lowest BCUT2D eigenvalue weighted by Crippen LogP contribution is -2.46. The molecular formula is C17H27N5O3. The van der Waals surface area contributed by atoms with Gasteiger partial charge in [0.15, 0.2) is 5.69 Å². The molecule has 2 rings (SSSR count). The van der Waals surface area contributed by atoms with Crippen LogP contribution in [-0.4, -0.2) is 58.4 Å². The summed E-state index contributed by atoms with van der Waals surface area (Å²) in [6.45, 7) is 9.38. The van der Waals surface area contributed by atoms with Gasteiger partial charge in [-0.3, -0.25) is 4.79 Å². The molecule has 1 aromatic heterocycles. The summed E-state index contributed by atoms with van der Waals surface area (Å²) in [4.78, 5) is 25.6. The molecule has 0 aromatic carbocycles. The van der Waals surface area contributed by atoms with Crippen LogP contribution in [0.15, 0.2) is 12.1 Å². The van der Waals surface area contributed by atoms with Gasteiger partial charge >= 0.3 is 6.09 Å². The highest BCUT2D eigenvalue weighted by atomic mass is 16.6. The number of anilines is 1. The number of ether oxygens (including phenoxy) is 1. The fourth-order valence-electron chi connectivity index (χ4n) is 2.58. The molecule has 2 N–H and O–H groups in total. The lowest BCUT2D eigenvalue weighted by atomic mass is 10.1. The molecule has 0 saturated carbocycles. The first kappa shape index (κ1) is 19.0. The maximum atomic E-state index is 12.3. The molecular weight excluding hydrogens is 322 g/mol. The van der Waals surface area contributed by atoms with Crippen molar-refractivity contribution in [3.8, 4) is 0 Å². The van der Waals surface area contributed by atoms with Crippen molar-refractivity contribution < 1.29 is 14.3 Å². The Morgan fingerprint density at radius 3 is 2.44 bits per heavy atom. The van der Waals surface area contributed by atoms with Crippen molar-refractivity contribution in [2.45, 2.75) is 52.1 Å². The first-order valence-corrected chi connectivity index (χ1v) is 8.63. The molecule has 0 aliphatic carbocycles. The largest absolute Gasteiger partial charge is 0.450 e. The van der Waals surface area contributed by atoms with Crippen LogP contribution >= 0.6 is 0 Å².